The molecule has 1 atom stereocenters. The molecule has 1 fully saturated rings. The monoisotopic (exact) mass is 428 g/mol. The van der Waals surface area contributed by atoms with Gasteiger partial charge in [0, 0.05) is 19.6 Å². The number of carbonyl (C=O) groups is 2. The second-order valence-electron chi connectivity index (χ2n) is 7.40. The van der Waals surface area contributed by atoms with Gasteiger partial charge in [0.25, 0.3) is 0 Å². The quantitative estimate of drug-likeness (QED) is 0.645. The SMILES string of the molecule is CCNC(=O)C(c1ccc(C(=O)OCC)cc1)c1cccc(Cl)c1N1CCCCC1. The summed E-state index contributed by atoms with van der Waals surface area (Å²) in [5.74, 6) is -0.964. The van der Waals surface area contributed by atoms with Gasteiger partial charge in [-0.25, -0.2) is 4.79 Å². The van der Waals surface area contributed by atoms with E-state index in [9.17, 15) is 9.59 Å². The summed E-state index contributed by atoms with van der Waals surface area (Å²) in [5.41, 5.74) is 3.11. The number of ether oxygens (including phenoxy) is 1. The molecule has 0 saturated carbocycles. The molecule has 30 heavy (non-hydrogen) atoms. The highest BCUT2D eigenvalue weighted by atomic mass is 35.5. The van der Waals surface area contributed by atoms with Gasteiger partial charge in [0.05, 0.1) is 28.8 Å². The van der Waals surface area contributed by atoms with Crippen molar-refractivity contribution < 1.29 is 14.3 Å². The van der Waals surface area contributed by atoms with Gasteiger partial charge < -0.3 is 15.0 Å². The van der Waals surface area contributed by atoms with Crippen LogP contribution in [-0.4, -0.2) is 38.1 Å². The normalized spacial score (nSPS) is 14.8. The Bertz CT molecular complexity index is 877. The molecule has 0 bridgehead atoms. The summed E-state index contributed by atoms with van der Waals surface area (Å²) < 4.78 is 5.07. The summed E-state index contributed by atoms with van der Waals surface area (Å²) in [6, 6.07) is 12.8. The molecule has 2 aromatic carbocycles. The first-order chi connectivity index (χ1) is 14.6. The first-order valence-electron chi connectivity index (χ1n) is 10.6. The Labute approximate surface area is 183 Å². The number of benzene rings is 2. The average molecular weight is 429 g/mol. The van der Waals surface area contributed by atoms with Crippen LogP contribution in [0.3, 0.4) is 0 Å². The van der Waals surface area contributed by atoms with Crippen LogP contribution in [0.2, 0.25) is 5.02 Å². The van der Waals surface area contributed by atoms with Gasteiger partial charge in [-0.15, -0.1) is 0 Å². The first-order valence-corrected chi connectivity index (χ1v) is 11.0. The number of halogens is 1. The fourth-order valence-electron chi connectivity index (χ4n) is 3.99. The number of piperidine rings is 1. The van der Waals surface area contributed by atoms with Gasteiger partial charge in [0.2, 0.25) is 5.91 Å². The smallest absolute Gasteiger partial charge is 0.338 e. The van der Waals surface area contributed by atoms with E-state index in [4.69, 9.17) is 16.3 Å². The van der Waals surface area contributed by atoms with Gasteiger partial charge in [-0.05, 0) is 62.4 Å². The molecular formula is C24H29ClN2O3. The molecular weight excluding hydrogens is 400 g/mol. The Hall–Kier alpha value is -2.53. The van der Waals surface area contributed by atoms with E-state index in [1.807, 2.05) is 37.3 Å². The Morgan fingerprint density at radius 3 is 2.40 bits per heavy atom. The lowest BCUT2D eigenvalue weighted by atomic mass is 9.88. The molecule has 1 amide bonds. The zero-order chi connectivity index (χ0) is 21.5. The number of nitrogens with zero attached hydrogens (tertiary/aromatic N) is 1. The summed E-state index contributed by atoms with van der Waals surface area (Å²) in [7, 11) is 0. The van der Waals surface area contributed by atoms with Crippen LogP contribution >= 0.6 is 11.6 Å². The summed E-state index contributed by atoms with van der Waals surface area (Å²) in [5, 5.41) is 3.62. The molecule has 0 radical (unpaired) electrons. The van der Waals surface area contributed by atoms with E-state index in [1.165, 1.54) is 6.42 Å². The van der Waals surface area contributed by atoms with Gasteiger partial charge >= 0.3 is 5.97 Å². The van der Waals surface area contributed by atoms with Gasteiger partial charge in [0.1, 0.15) is 0 Å². The molecule has 1 heterocycles. The molecule has 0 aliphatic carbocycles. The molecule has 6 heteroatoms. The van der Waals surface area contributed by atoms with Crippen molar-refractivity contribution in [2.24, 2.45) is 0 Å². The predicted molar refractivity (Wildman–Crippen MR) is 120 cm³/mol. The molecule has 5 nitrogen and oxygen atoms in total. The zero-order valence-electron chi connectivity index (χ0n) is 17.6. The highest BCUT2D eigenvalue weighted by Crippen LogP contribution is 2.39. The summed E-state index contributed by atoms with van der Waals surface area (Å²) >= 11 is 6.64. The fraction of sp³-hybridized carbons (Fsp3) is 0.417. The van der Waals surface area contributed by atoms with E-state index in [1.54, 1.807) is 19.1 Å². The molecule has 2 aromatic rings. The number of anilines is 1. The van der Waals surface area contributed by atoms with Crippen LogP contribution in [-0.2, 0) is 9.53 Å². The molecule has 0 aromatic heterocycles. The minimum Gasteiger partial charge on any atom is -0.462 e. The van der Waals surface area contributed by atoms with Crippen molar-refractivity contribution in [2.75, 3.05) is 31.1 Å². The number of nitrogens with one attached hydrogen (secondary N) is 1. The van der Waals surface area contributed by atoms with Crippen LogP contribution in [0.15, 0.2) is 42.5 Å². The predicted octanol–water partition coefficient (Wildman–Crippen LogP) is 4.78. The Morgan fingerprint density at radius 2 is 1.77 bits per heavy atom. The Kier molecular flexibility index (Phi) is 7.75. The van der Waals surface area contributed by atoms with Crippen LogP contribution in [0.5, 0.6) is 0 Å². The summed E-state index contributed by atoms with van der Waals surface area (Å²) in [6.45, 7) is 6.40. The van der Waals surface area contributed by atoms with E-state index in [0.717, 1.165) is 42.7 Å². The molecule has 1 unspecified atom stereocenters. The number of rotatable bonds is 7. The van der Waals surface area contributed by atoms with E-state index in [2.05, 4.69) is 10.2 Å². The minimum absolute atomic E-state index is 0.0816. The molecule has 1 aliphatic rings. The lowest BCUT2D eigenvalue weighted by Gasteiger charge is -2.33. The number of amides is 1. The van der Waals surface area contributed by atoms with Crippen molar-refractivity contribution in [1.82, 2.24) is 5.32 Å². The largest absolute Gasteiger partial charge is 0.462 e. The Morgan fingerprint density at radius 1 is 1.07 bits per heavy atom. The third kappa shape index (κ3) is 4.96. The lowest BCUT2D eigenvalue weighted by Crippen LogP contribution is -2.34. The van der Waals surface area contributed by atoms with Crippen molar-refractivity contribution >= 4 is 29.2 Å². The summed E-state index contributed by atoms with van der Waals surface area (Å²) in [4.78, 5) is 27.5. The first kappa shape index (κ1) is 22.2. The number of likely N-dealkylation sites (N-methyl/N-ethyl adjacent to an activating group) is 1. The van der Waals surface area contributed by atoms with Crippen LogP contribution in [0.25, 0.3) is 0 Å². The minimum atomic E-state index is -0.517. The van der Waals surface area contributed by atoms with Crippen LogP contribution in [0.1, 0.15) is 60.5 Å². The maximum atomic E-state index is 13.1. The van der Waals surface area contributed by atoms with Crippen LogP contribution in [0.4, 0.5) is 5.69 Å². The third-order valence-corrected chi connectivity index (χ3v) is 5.67. The number of esters is 1. The van der Waals surface area contributed by atoms with E-state index >= 15 is 0 Å². The van der Waals surface area contributed by atoms with Crippen molar-refractivity contribution in [3.8, 4) is 0 Å². The van der Waals surface area contributed by atoms with E-state index < -0.39 is 5.92 Å². The number of para-hydroxylation sites is 1. The van der Waals surface area contributed by atoms with Gasteiger partial charge in [-0.1, -0.05) is 35.9 Å². The molecule has 1 N–H and O–H groups in total. The lowest BCUT2D eigenvalue weighted by molar-refractivity contribution is -0.121. The van der Waals surface area contributed by atoms with Crippen molar-refractivity contribution in [1.29, 1.82) is 0 Å². The van der Waals surface area contributed by atoms with Gasteiger partial charge in [-0.2, -0.15) is 0 Å². The van der Waals surface area contributed by atoms with E-state index in [0.29, 0.717) is 23.7 Å². The maximum Gasteiger partial charge on any atom is 0.338 e. The van der Waals surface area contributed by atoms with Crippen molar-refractivity contribution in [3.05, 3.63) is 64.2 Å². The fourth-order valence-corrected chi connectivity index (χ4v) is 4.29. The standard InChI is InChI=1S/C24H29ClN2O3/c1-3-26-23(28)21(17-11-13-18(14-12-17)24(29)30-4-2)19-9-8-10-20(25)22(19)27-15-6-5-7-16-27/h8-14,21H,3-7,15-16H2,1-2H3,(H,26,28). The molecule has 3 rings (SSSR count). The third-order valence-electron chi connectivity index (χ3n) is 5.37. The molecule has 160 valence electrons. The highest BCUT2D eigenvalue weighted by Gasteiger charge is 2.28. The van der Waals surface area contributed by atoms with Crippen LogP contribution in [0, 0.1) is 0 Å². The maximum absolute atomic E-state index is 13.1. The molecule has 0 spiro atoms. The zero-order valence-corrected chi connectivity index (χ0v) is 18.4. The van der Waals surface area contributed by atoms with E-state index in [-0.39, 0.29) is 11.9 Å². The second-order valence-corrected chi connectivity index (χ2v) is 7.80. The van der Waals surface area contributed by atoms with Crippen molar-refractivity contribution in [3.63, 3.8) is 0 Å². The second kappa shape index (κ2) is 10.5. The highest BCUT2D eigenvalue weighted by molar-refractivity contribution is 6.33. The van der Waals surface area contributed by atoms with Crippen molar-refractivity contribution in [2.45, 2.75) is 39.0 Å². The average Bonchev–Trinajstić information content (AvgIpc) is 2.75. The topological polar surface area (TPSA) is 58.6 Å². The number of carbonyl (C=O) groups excluding carboxylic acids is 2. The van der Waals surface area contributed by atoms with Crippen LogP contribution < -0.4 is 10.2 Å². The molecule has 1 saturated heterocycles. The number of hydrogen-bond acceptors (Lipinski definition) is 4. The number of hydrogen-bond donors (Lipinski definition) is 1. The Balaban J connectivity index is 2.04. The molecule has 1 aliphatic heterocycles. The summed E-state index contributed by atoms with van der Waals surface area (Å²) in [6.07, 6.45) is 3.45. The van der Waals surface area contributed by atoms with Gasteiger partial charge in [0.15, 0.2) is 0 Å². The van der Waals surface area contributed by atoms with Gasteiger partial charge in [-0.3, -0.25) is 4.79 Å².